The molecular formula is C3H14O4Si4. The minimum atomic E-state index is -1.30. The minimum Gasteiger partial charge on any atom is -0.425 e. The predicted octanol–water partition coefficient (Wildman–Crippen LogP) is -2.31. The van der Waals surface area contributed by atoms with E-state index in [1.165, 1.54) is 0 Å². The van der Waals surface area contributed by atoms with Crippen LogP contribution in [0.15, 0.2) is 0 Å². The second-order valence-corrected chi connectivity index (χ2v) is 10.4. The maximum absolute atomic E-state index is 5.55. The first-order chi connectivity index (χ1) is 5.43. The highest BCUT2D eigenvalue weighted by Gasteiger charge is 2.13. The van der Waals surface area contributed by atoms with Crippen LogP contribution in [0.5, 0.6) is 0 Å². The Hall–Kier alpha value is 0.708. The molecule has 1 aliphatic rings. The summed E-state index contributed by atoms with van der Waals surface area (Å²) in [6.45, 7) is 2.15. The van der Waals surface area contributed by atoms with Gasteiger partial charge in [0.25, 0.3) is 30.0 Å². The van der Waals surface area contributed by atoms with Crippen molar-refractivity contribution in [2.75, 3.05) is 0 Å². The van der Waals surface area contributed by atoms with Gasteiger partial charge in [-0.25, -0.2) is 0 Å². The van der Waals surface area contributed by atoms with E-state index in [0.29, 0.717) is 0 Å². The van der Waals surface area contributed by atoms with Crippen molar-refractivity contribution in [3.63, 3.8) is 0 Å². The molecule has 0 amide bonds. The lowest BCUT2D eigenvalue weighted by molar-refractivity contribution is 0.328. The largest absolute Gasteiger partial charge is 0.425 e. The van der Waals surface area contributed by atoms with Crippen LogP contribution in [0, 0.1) is 0 Å². The van der Waals surface area contributed by atoms with Gasteiger partial charge in [-0.2, -0.15) is 0 Å². The molecule has 0 aromatic carbocycles. The van der Waals surface area contributed by atoms with Crippen molar-refractivity contribution in [2.45, 2.75) is 19.4 Å². The first-order valence-electron chi connectivity index (χ1n) is 3.82. The van der Waals surface area contributed by atoms with E-state index in [4.69, 9.17) is 16.5 Å². The van der Waals surface area contributed by atoms with Crippen LogP contribution < -0.4 is 0 Å². The van der Waals surface area contributed by atoms with Gasteiger partial charge in [-0.1, -0.05) is 13.3 Å². The molecule has 0 aromatic rings. The molecule has 1 aliphatic heterocycles. The smallest absolute Gasteiger partial charge is 0.303 e. The third-order valence-corrected chi connectivity index (χ3v) is 9.14. The van der Waals surface area contributed by atoms with Gasteiger partial charge in [-0.3, -0.25) is 0 Å². The summed E-state index contributed by atoms with van der Waals surface area (Å²) >= 11 is 0. The van der Waals surface area contributed by atoms with Crippen LogP contribution in [0.4, 0.5) is 0 Å². The maximum Gasteiger partial charge on any atom is 0.303 e. The van der Waals surface area contributed by atoms with E-state index in [1.54, 1.807) is 0 Å². The first kappa shape index (κ1) is 9.79. The SMILES string of the molecule is CCC[SiH]1O[SiH2]O[SiH2]O[SiH2]O1. The second kappa shape index (κ2) is 6.25. The van der Waals surface area contributed by atoms with E-state index in [-0.39, 0.29) is 0 Å². The highest BCUT2D eigenvalue weighted by Crippen LogP contribution is 2.00. The Kier molecular flexibility index (Phi) is 5.56. The first-order valence-corrected chi connectivity index (χ1v) is 9.04. The van der Waals surface area contributed by atoms with Crippen LogP contribution in [0.3, 0.4) is 0 Å². The van der Waals surface area contributed by atoms with Gasteiger partial charge >= 0.3 is 9.28 Å². The molecule has 1 rings (SSSR count). The van der Waals surface area contributed by atoms with Crippen LogP contribution in [-0.4, -0.2) is 39.3 Å². The average Bonchev–Trinajstić information content (AvgIpc) is 1.94. The number of rotatable bonds is 2. The van der Waals surface area contributed by atoms with E-state index in [0.717, 1.165) is 12.5 Å². The Morgan fingerprint density at radius 1 is 1.09 bits per heavy atom. The maximum atomic E-state index is 5.55. The summed E-state index contributed by atoms with van der Waals surface area (Å²) in [7, 11) is -3.43. The third-order valence-electron chi connectivity index (χ3n) is 1.37. The normalized spacial score (nSPS) is 34.1. The van der Waals surface area contributed by atoms with Gasteiger partial charge < -0.3 is 16.5 Å². The number of hydrogen-bond acceptors (Lipinski definition) is 4. The molecule has 1 heterocycles. The summed E-state index contributed by atoms with van der Waals surface area (Å²) < 4.78 is 21.6. The molecule has 0 spiro atoms. The van der Waals surface area contributed by atoms with E-state index >= 15 is 0 Å². The van der Waals surface area contributed by atoms with Crippen LogP contribution in [0.1, 0.15) is 13.3 Å². The van der Waals surface area contributed by atoms with Crippen molar-refractivity contribution < 1.29 is 16.5 Å². The van der Waals surface area contributed by atoms with Gasteiger partial charge in [0.2, 0.25) is 0 Å². The molecule has 0 atom stereocenters. The Morgan fingerprint density at radius 2 is 1.73 bits per heavy atom. The van der Waals surface area contributed by atoms with Crippen molar-refractivity contribution in [1.82, 2.24) is 0 Å². The molecule has 66 valence electrons. The van der Waals surface area contributed by atoms with Gasteiger partial charge in [0.1, 0.15) is 0 Å². The fraction of sp³-hybridized carbons (Fsp3) is 1.00. The lowest BCUT2D eigenvalue weighted by atomic mass is 10.6. The molecule has 0 bridgehead atoms. The molecule has 0 saturated carbocycles. The lowest BCUT2D eigenvalue weighted by Crippen LogP contribution is -2.32. The molecule has 1 saturated heterocycles. The molecule has 11 heavy (non-hydrogen) atoms. The van der Waals surface area contributed by atoms with Crippen LogP contribution in [0.2, 0.25) is 6.04 Å². The van der Waals surface area contributed by atoms with Crippen molar-refractivity contribution in [3.8, 4) is 0 Å². The topological polar surface area (TPSA) is 36.9 Å². The highest BCUT2D eigenvalue weighted by molar-refractivity contribution is 6.59. The van der Waals surface area contributed by atoms with Gasteiger partial charge in [0, 0.05) is 0 Å². The molecule has 0 aliphatic carbocycles. The Balaban J connectivity index is 2.15. The lowest BCUT2D eigenvalue weighted by Gasteiger charge is -2.19. The Bertz CT molecular complexity index is 95.3. The molecular weight excluding hydrogens is 212 g/mol. The van der Waals surface area contributed by atoms with Gasteiger partial charge in [-0.15, -0.1) is 0 Å². The summed E-state index contributed by atoms with van der Waals surface area (Å²) in [5, 5.41) is 0. The Morgan fingerprint density at radius 3 is 2.27 bits per heavy atom. The third kappa shape index (κ3) is 4.32. The van der Waals surface area contributed by atoms with Crippen molar-refractivity contribution in [1.29, 1.82) is 0 Å². The van der Waals surface area contributed by atoms with E-state index in [1.807, 2.05) is 0 Å². The van der Waals surface area contributed by atoms with Gasteiger partial charge in [0.05, 0.1) is 0 Å². The standard InChI is InChI=1S/C3H14O4Si4/c1-2-3-11-6-9-4-8-5-10-7-11/h11H,2-3,8-10H2,1H3. The fourth-order valence-corrected chi connectivity index (χ4v) is 9.67. The van der Waals surface area contributed by atoms with Crippen molar-refractivity contribution in [2.24, 2.45) is 0 Å². The zero-order chi connectivity index (χ0) is 7.94. The highest BCUT2D eigenvalue weighted by atomic mass is 28.4. The number of hydrogen-bond donors (Lipinski definition) is 0. The van der Waals surface area contributed by atoms with Crippen LogP contribution in [0.25, 0.3) is 0 Å². The molecule has 1 fully saturated rings. The van der Waals surface area contributed by atoms with E-state index < -0.39 is 39.3 Å². The second-order valence-electron chi connectivity index (χ2n) is 2.31. The molecule has 0 aromatic heterocycles. The average molecular weight is 226 g/mol. The molecule has 8 heteroatoms. The summed E-state index contributed by atoms with van der Waals surface area (Å²) in [5.41, 5.74) is 0. The molecule has 4 nitrogen and oxygen atoms in total. The zero-order valence-electron chi connectivity index (χ0n) is 6.75. The summed E-state index contributed by atoms with van der Waals surface area (Å²) in [6, 6.07) is 1.11. The molecule has 0 radical (unpaired) electrons. The van der Waals surface area contributed by atoms with Gasteiger partial charge in [-0.05, 0) is 6.04 Å². The molecule has 0 N–H and O–H groups in total. The zero-order valence-corrected chi connectivity index (χ0v) is 12.1. The summed E-state index contributed by atoms with van der Waals surface area (Å²) in [5.74, 6) is 0. The van der Waals surface area contributed by atoms with Crippen molar-refractivity contribution >= 4 is 39.3 Å². The quantitative estimate of drug-likeness (QED) is 0.496. The fourth-order valence-electron chi connectivity index (χ4n) is 0.825. The van der Waals surface area contributed by atoms with Gasteiger partial charge in [0.15, 0.2) is 0 Å². The van der Waals surface area contributed by atoms with E-state index in [9.17, 15) is 0 Å². The predicted molar refractivity (Wildman–Crippen MR) is 52.2 cm³/mol. The summed E-state index contributed by atoms with van der Waals surface area (Å²) in [4.78, 5) is 0. The Labute approximate surface area is 75.6 Å². The van der Waals surface area contributed by atoms with Crippen molar-refractivity contribution in [3.05, 3.63) is 0 Å². The van der Waals surface area contributed by atoms with E-state index in [2.05, 4.69) is 6.92 Å². The van der Waals surface area contributed by atoms with Crippen LogP contribution >= 0.6 is 0 Å². The van der Waals surface area contributed by atoms with Crippen LogP contribution in [-0.2, 0) is 16.5 Å². The minimum absolute atomic E-state index is 0.689. The monoisotopic (exact) mass is 226 g/mol. The summed E-state index contributed by atoms with van der Waals surface area (Å²) in [6.07, 6.45) is 1.15. The molecule has 0 unspecified atom stereocenters.